The molecule has 0 heterocycles. The fourth-order valence-corrected chi connectivity index (χ4v) is 2.74. The van der Waals surface area contributed by atoms with Crippen LogP contribution in [0.5, 0.6) is 0 Å². The van der Waals surface area contributed by atoms with E-state index in [1.54, 1.807) is 6.26 Å². The Morgan fingerprint density at radius 3 is 1.93 bits per heavy atom. The molecule has 13 heteroatoms. The normalized spacial score (nSPS) is 13.7. The minimum absolute atomic E-state index is 0.141. The highest BCUT2D eigenvalue weighted by Crippen LogP contribution is 2.05. The number of hydrogen-bond acceptors (Lipinski definition) is 8. The molecule has 3 atom stereocenters. The van der Waals surface area contributed by atoms with Crippen molar-refractivity contribution in [2.24, 2.45) is 5.73 Å². The molecular weight excluding hydrogens is 412 g/mol. The van der Waals surface area contributed by atoms with E-state index in [0.717, 1.165) is 0 Å². The molecule has 0 aromatic rings. The maximum absolute atomic E-state index is 12.5. The van der Waals surface area contributed by atoms with Crippen LogP contribution in [0.4, 0.5) is 0 Å². The van der Waals surface area contributed by atoms with E-state index in [2.05, 4.69) is 28.6 Å². The fraction of sp³-hybridized carbons (Fsp3) is 0.667. The quantitative estimate of drug-likeness (QED) is 0.151. The van der Waals surface area contributed by atoms with Crippen molar-refractivity contribution in [3.05, 3.63) is 0 Å². The van der Waals surface area contributed by atoms with Crippen LogP contribution in [0.3, 0.4) is 0 Å². The standard InChI is InChI=1S/C15H26N4O7S2/c1-28-5-4-9(14(24)19-10(7-27)15(25)26)18-13(23)8(2-3-12(21)22)17-11(20)6-16/h8-10,27H,2-7,16H2,1H3,(H,17,20)(H,18,23)(H,19,24)(H,21,22)(H,25,26). The van der Waals surface area contributed by atoms with E-state index in [9.17, 15) is 24.0 Å². The number of amides is 3. The Labute approximate surface area is 172 Å². The van der Waals surface area contributed by atoms with Gasteiger partial charge in [0, 0.05) is 12.2 Å². The number of carboxylic acids is 2. The Hall–Kier alpha value is -1.99. The molecule has 0 saturated heterocycles. The van der Waals surface area contributed by atoms with Crippen LogP contribution in [0.2, 0.25) is 0 Å². The average Bonchev–Trinajstić information content (AvgIpc) is 2.65. The third kappa shape index (κ3) is 10.4. The van der Waals surface area contributed by atoms with Gasteiger partial charge in [-0.05, 0) is 24.9 Å². The molecule has 0 radical (unpaired) electrons. The first-order valence-electron chi connectivity index (χ1n) is 8.30. The second-order valence-electron chi connectivity index (χ2n) is 5.68. The largest absolute Gasteiger partial charge is 0.481 e. The first kappa shape index (κ1) is 26.0. The molecule has 0 fully saturated rings. The van der Waals surface area contributed by atoms with Crippen LogP contribution in [0.15, 0.2) is 0 Å². The molecule has 0 aliphatic rings. The number of hydrogen-bond donors (Lipinski definition) is 7. The highest BCUT2D eigenvalue weighted by Gasteiger charge is 2.29. The Kier molecular flexibility index (Phi) is 13.1. The van der Waals surface area contributed by atoms with Crippen LogP contribution >= 0.6 is 24.4 Å². The second-order valence-corrected chi connectivity index (χ2v) is 7.03. The summed E-state index contributed by atoms with van der Waals surface area (Å²) < 4.78 is 0. The summed E-state index contributed by atoms with van der Waals surface area (Å²) in [7, 11) is 0. The first-order valence-corrected chi connectivity index (χ1v) is 10.3. The lowest BCUT2D eigenvalue weighted by atomic mass is 10.1. The number of rotatable bonds is 14. The Bertz CT molecular complexity index is 577. The molecule has 11 nitrogen and oxygen atoms in total. The molecular formula is C15H26N4O7S2. The summed E-state index contributed by atoms with van der Waals surface area (Å²) in [6.07, 6.45) is 1.42. The van der Waals surface area contributed by atoms with Crippen LogP contribution in [-0.4, -0.2) is 82.3 Å². The predicted molar refractivity (Wildman–Crippen MR) is 106 cm³/mol. The topological polar surface area (TPSA) is 188 Å². The van der Waals surface area contributed by atoms with Gasteiger partial charge in [-0.25, -0.2) is 4.79 Å². The van der Waals surface area contributed by atoms with Crippen LogP contribution in [0.1, 0.15) is 19.3 Å². The summed E-state index contributed by atoms with van der Waals surface area (Å²) in [4.78, 5) is 58.2. The van der Waals surface area contributed by atoms with Crippen molar-refractivity contribution in [2.45, 2.75) is 37.4 Å². The zero-order valence-corrected chi connectivity index (χ0v) is 17.1. The van der Waals surface area contributed by atoms with Gasteiger partial charge in [-0.2, -0.15) is 24.4 Å². The van der Waals surface area contributed by atoms with Crippen molar-refractivity contribution in [1.82, 2.24) is 16.0 Å². The van der Waals surface area contributed by atoms with Gasteiger partial charge in [0.05, 0.1) is 6.54 Å². The number of carbonyl (C=O) groups is 5. The SMILES string of the molecule is CSCCC(NC(=O)C(CCC(=O)O)NC(=O)CN)C(=O)NC(CS)C(=O)O. The lowest BCUT2D eigenvalue weighted by molar-refractivity contribution is -0.141. The van der Waals surface area contributed by atoms with E-state index < -0.39 is 54.3 Å². The summed E-state index contributed by atoms with van der Waals surface area (Å²) in [5.74, 6) is -4.21. The molecule has 3 unspecified atom stereocenters. The van der Waals surface area contributed by atoms with E-state index in [0.29, 0.717) is 5.75 Å². The number of thiol groups is 1. The van der Waals surface area contributed by atoms with Crippen LogP contribution in [0, 0.1) is 0 Å². The third-order valence-electron chi connectivity index (χ3n) is 3.52. The van der Waals surface area contributed by atoms with Gasteiger partial charge >= 0.3 is 11.9 Å². The van der Waals surface area contributed by atoms with Crippen molar-refractivity contribution in [3.63, 3.8) is 0 Å². The molecule has 0 aromatic heterocycles. The molecule has 0 bridgehead atoms. The Balaban J connectivity index is 5.23. The lowest BCUT2D eigenvalue weighted by Crippen LogP contribution is -2.56. The van der Waals surface area contributed by atoms with Gasteiger partial charge < -0.3 is 31.9 Å². The van der Waals surface area contributed by atoms with Crippen molar-refractivity contribution in [2.75, 3.05) is 24.3 Å². The van der Waals surface area contributed by atoms with Gasteiger partial charge in [0.25, 0.3) is 0 Å². The number of carbonyl (C=O) groups excluding carboxylic acids is 3. The van der Waals surface area contributed by atoms with Gasteiger partial charge in [-0.15, -0.1) is 0 Å². The number of nitrogens with one attached hydrogen (secondary N) is 3. The number of nitrogens with two attached hydrogens (primary N) is 1. The van der Waals surface area contributed by atoms with Crippen molar-refractivity contribution < 1.29 is 34.2 Å². The maximum atomic E-state index is 12.5. The van der Waals surface area contributed by atoms with Gasteiger partial charge in [0.2, 0.25) is 17.7 Å². The van der Waals surface area contributed by atoms with Crippen LogP contribution in [-0.2, 0) is 24.0 Å². The zero-order chi connectivity index (χ0) is 21.7. The predicted octanol–water partition coefficient (Wildman–Crippen LogP) is -1.97. The Morgan fingerprint density at radius 2 is 1.50 bits per heavy atom. The van der Waals surface area contributed by atoms with E-state index >= 15 is 0 Å². The van der Waals surface area contributed by atoms with Gasteiger partial charge in [0.1, 0.15) is 18.1 Å². The van der Waals surface area contributed by atoms with E-state index in [1.165, 1.54) is 11.8 Å². The summed E-state index contributed by atoms with van der Waals surface area (Å²) in [6.45, 7) is -0.393. The maximum Gasteiger partial charge on any atom is 0.327 e. The van der Waals surface area contributed by atoms with Gasteiger partial charge in [-0.1, -0.05) is 0 Å². The number of aliphatic carboxylic acids is 2. The number of carboxylic acid groups (broad SMARTS) is 2. The van der Waals surface area contributed by atoms with E-state index in [4.69, 9.17) is 15.9 Å². The van der Waals surface area contributed by atoms with Crippen molar-refractivity contribution in [3.8, 4) is 0 Å². The smallest absolute Gasteiger partial charge is 0.327 e. The minimum atomic E-state index is -1.27. The molecule has 0 saturated carbocycles. The van der Waals surface area contributed by atoms with Crippen LogP contribution < -0.4 is 21.7 Å². The summed E-state index contributed by atoms with van der Waals surface area (Å²) in [6, 6.07) is -3.50. The fourth-order valence-electron chi connectivity index (χ4n) is 2.02. The monoisotopic (exact) mass is 438 g/mol. The van der Waals surface area contributed by atoms with Gasteiger partial charge in [0.15, 0.2) is 0 Å². The number of thioether (sulfide) groups is 1. The van der Waals surface area contributed by atoms with Crippen molar-refractivity contribution in [1.29, 1.82) is 0 Å². The Morgan fingerprint density at radius 1 is 0.964 bits per heavy atom. The lowest BCUT2D eigenvalue weighted by Gasteiger charge is -2.24. The van der Waals surface area contributed by atoms with Crippen LogP contribution in [0.25, 0.3) is 0 Å². The molecule has 0 spiro atoms. The summed E-state index contributed by atoms with van der Waals surface area (Å²) in [5.41, 5.74) is 5.20. The molecule has 0 rings (SSSR count). The highest BCUT2D eigenvalue weighted by molar-refractivity contribution is 7.98. The third-order valence-corrected chi connectivity index (χ3v) is 4.53. The minimum Gasteiger partial charge on any atom is -0.481 e. The molecule has 28 heavy (non-hydrogen) atoms. The second kappa shape index (κ2) is 14.1. The van der Waals surface area contributed by atoms with E-state index in [1.807, 2.05) is 0 Å². The zero-order valence-electron chi connectivity index (χ0n) is 15.3. The first-order chi connectivity index (χ1) is 13.2. The van der Waals surface area contributed by atoms with Gasteiger partial charge in [-0.3, -0.25) is 19.2 Å². The van der Waals surface area contributed by atoms with Crippen molar-refractivity contribution >= 4 is 54.1 Å². The molecule has 7 N–H and O–H groups in total. The molecule has 0 aromatic carbocycles. The summed E-state index contributed by atoms with van der Waals surface area (Å²) >= 11 is 5.28. The average molecular weight is 439 g/mol. The summed E-state index contributed by atoms with van der Waals surface area (Å²) in [5, 5.41) is 24.9. The van der Waals surface area contributed by atoms with E-state index in [-0.39, 0.29) is 25.0 Å². The molecule has 160 valence electrons. The highest BCUT2D eigenvalue weighted by atomic mass is 32.2. The molecule has 0 aliphatic heterocycles. The molecule has 0 aliphatic carbocycles. The molecule has 3 amide bonds.